The molecular weight excluding hydrogens is 452 g/mol. The molecule has 1 aliphatic carbocycles. The monoisotopic (exact) mass is 476 g/mol. The summed E-state index contributed by atoms with van der Waals surface area (Å²) in [6, 6.07) is 9.52. The van der Waals surface area contributed by atoms with Crippen LogP contribution < -0.4 is 9.46 Å². The number of hydrogen-bond acceptors (Lipinski definition) is 5. The number of nitrogens with zero attached hydrogens (tertiary/aromatic N) is 1. The largest absolute Gasteiger partial charge is 0.495 e. The van der Waals surface area contributed by atoms with Crippen LogP contribution in [0.3, 0.4) is 0 Å². The smallest absolute Gasteiger partial charge is 0.265 e. The van der Waals surface area contributed by atoms with E-state index < -0.39 is 10.0 Å². The Kier molecular flexibility index (Phi) is 6.18. The highest BCUT2D eigenvalue weighted by Gasteiger charge is 2.47. The van der Waals surface area contributed by atoms with Crippen LogP contribution in [-0.4, -0.2) is 32.2 Å². The van der Waals surface area contributed by atoms with Crippen LogP contribution in [0.2, 0.25) is 5.02 Å². The molecule has 0 bridgehead atoms. The Labute approximate surface area is 192 Å². The molecule has 9 heteroatoms. The first-order valence-corrected chi connectivity index (χ1v) is 12.4. The molecule has 2 aromatic rings. The van der Waals surface area contributed by atoms with Crippen molar-refractivity contribution in [3.63, 3.8) is 0 Å². The number of aryl methyl sites for hydroxylation is 1. The zero-order valence-corrected chi connectivity index (χ0v) is 19.5. The highest BCUT2D eigenvalue weighted by Crippen LogP contribution is 2.39. The van der Waals surface area contributed by atoms with E-state index >= 15 is 0 Å². The molecule has 2 atom stereocenters. The topological polar surface area (TPSA) is 92.8 Å². The van der Waals surface area contributed by atoms with Crippen LogP contribution in [0, 0.1) is 18.8 Å². The molecule has 1 saturated heterocycles. The molecule has 1 aliphatic heterocycles. The molecule has 1 saturated carbocycles. The molecule has 32 heavy (non-hydrogen) atoms. The summed E-state index contributed by atoms with van der Waals surface area (Å²) in [4.78, 5) is 26.8. The summed E-state index contributed by atoms with van der Waals surface area (Å²) in [6.07, 6.45) is 3.38. The zero-order chi connectivity index (χ0) is 23.0. The van der Waals surface area contributed by atoms with Gasteiger partial charge in [-0.15, -0.1) is 0 Å². The summed E-state index contributed by atoms with van der Waals surface area (Å²) in [6.45, 7) is 1.79. The molecule has 1 N–H and O–H groups in total. The van der Waals surface area contributed by atoms with Gasteiger partial charge in [-0.25, -0.2) is 8.42 Å². The molecule has 4 rings (SSSR count). The van der Waals surface area contributed by atoms with Crippen molar-refractivity contribution in [2.45, 2.75) is 44.0 Å². The number of sulfonamides is 1. The van der Waals surface area contributed by atoms with Crippen LogP contribution in [-0.2, 0) is 26.2 Å². The Balaban J connectivity index is 1.63. The average Bonchev–Trinajstić information content (AvgIpc) is 3.01. The first kappa shape index (κ1) is 22.6. The number of nitrogens with one attached hydrogen (secondary N) is 1. The van der Waals surface area contributed by atoms with Gasteiger partial charge in [0.2, 0.25) is 11.8 Å². The normalized spacial score (nSPS) is 20.9. The predicted molar refractivity (Wildman–Crippen MR) is 121 cm³/mol. The Morgan fingerprint density at radius 3 is 2.31 bits per heavy atom. The number of likely N-dealkylation sites (tertiary alicyclic amines) is 1. The fourth-order valence-electron chi connectivity index (χ4n) is 4.54. The van der Waals surface area contributed by atoms with Gasteiger partial charge in [0.1, 0.15) is 10.6 Å². The minimum Gasteiger partial charge on any atom is -0.495 e. The maximum atomic E-state index is 13.2. The van der Waals surface area contributed by atoms with E-state index in [1.807, 2.05) is 0 Å². The summed E-state index contributed by atoms with van der Waals surface area (Å²) < 4.78 is 34.2. The molecule has 2 amide bonds. The summed E-state index contributed by atoms with van der Waals surface area (Å²) in [5.41, 5.74) is 1.61. The van der Waals surface area contributed by atoms with E-state index in [9.17, 15) is 18.0 Å². The highest BCUT2D eigenvalue weighted by molar-refractivity contribution is 7.92. The lowest BCUT2D eigenvalue weighted by Gasteiger charge is -2.19. The van der Waals surface area contributed by atoms with Gasteiger partial charge in [0.15, 0.2) is 0 Å². The number of rotatable bonds is 6. The zero-order valence-electron chi connectivity index (χ0n) is 17.9. The van der Waals surface area contributed by atoms with Gasteiger partial charge in [0.05, 0.1) is 31.2 Å². The molecule has 2 unspecified atom stereocenters. The van der Waals surface area contributed by atoms with Crippen molar-refractivity contribution in [2.75, 3.05) is 11.8 Å². The number of carbonyl (C=O) groups is 2. The van der Waals surface area contributed by atoms with Crippen LogP contribution in [0.25, 0.3) is 0 Å². The minimum absolute atomic E-state index is 0.0388. The summed E-state index contributed by atoms with van der Waals surface area (Å²) in [5.74, 6) is -0.634. The lowest BCUT2D eigenvalue weighted by Crippen LogP contribution is -2.30. The third-order valence-electron chi connectivity index (χ3n) is 6.22. The molecule has 2 aromatic carbocycles. The predicted octanol–water partition coefficient (Wildman–Crippen LogP) is 4.13. The number of hydrogen-bond donors (Lipinski definition) is 1. The van der Waals surface area contributed by atoms with Crippen LogP contribution in [0.15, 0.2) is 41.3 Å². The number of fused-ring (bicyclic) bond motifs is 1. The molecule has 2 aliphatic rings. The van der Waals surface area contributed by atoms with E-state index in [1.54, 1.807) is 31.2 Å². The van der Waals surface area contributed by atoms with Gasteiger partial charge in [-0.3, -0.25) is 19.2 Å². The summed E-state index contributed by atoms with van der Waals surface area (Å²) in [5, 5.41) is 0.505. The third kappa shape index (κ3) is 4.21. The molecule has 170 valence electrons. The summed E-state index contributed by atoms with van der Waals surface area (Å²) >= 11 is 5.97. The second-order valence-electron chi connectivity index (χ2n) is 8.31. The van der Waals surface area contributed by atoms with Crippen molar-refractivity contribution in [1.82, 2.24) is 4.90 Å². The van der Waals surface area contributed by atoms with Gasteiger partial charge in [0, 0.05) is 5.02 Å². The van der Waals surface area contributed by atoms with Crippen LogP contribution in [0.5, 0.6) is 5.75 Å². The van der Waals surface area contributed by atoms with Gasteiger partial charge in [0.25, 0.3) is 10.0 Å². The van der Waals surface area contributed by atoms with Gasteiger partial charge in [-0.1, -0.05) is 30.5 Å². The first-order valence-electron chi connectivity index (χ1n) is 10.5. The highest BCUT2D eigenvalue weighted by atomic mass is 35.5. The van der Waals surface area contributed by atoms with Crippen molar-refractivity contribution in [1.29, 1.82) is 0 Å². The molecule has 0 aromatic heterocycles. The van der Waals surface area contributed by atoms with Crippen LogP contribution >= 0.6 is 11.6 Å². The Morgan fingerprint density at radius 2 is 1.72 bits per heavy atom. The molecule has 0 spiro atoms. The number of carbonyl (C=O) groups excluding carboxylic acids is 2. The standard InChI is InChI=1S/C23H25ClN2O5S/c1-14-11-16(24)8-9-19(14)25-32(29,30)21-12-15(7-10-20(21)31-2)13-26-22(27)17-5-3-4-6-18(17)23(26)28/h7-12,17-18,25H,3-6,13H2,1-2H3. The molecule has 0 radical (unpaired) electrons. The van der Waals surface area contributed by atoms with E-state index in [0.717, 1.165) is 25.7 Å². The van der Waals surface area contributed by atoms with E-state index in [4.69, 9.17) is 16.3 Å². The second-order valence-corrected chi connectivity index (χ2v) is 10.4. The van der Waals surface area contributed by atoms with Gasteiger partial charge in [-0.05, 0) is 61.2 Å². The van der Waals surface area contributed by atoms with Crippen LogP contribution in [0.1, 0.15) is 36.8 Å². The van der Waals surface area contributed by atoms with Gasteiger partial charge < -0.3 is 4.74 Å². The lowest BCUT2D eigenvalue weighted by atomic mass is 9.81. The van der Waals surface area contributed by atoms with E-state index in [0.29, 0.717) is 21.8 Å². The number of anilines is 1. The van der Waals surface area contributed by atoms with Crippen LogP contribution in [0.4, 0.5) is 5.69 Å². The minimum atomic E-state index is -4.00. The Bertz CT molecular complexity index is 1160. The van der Waals surface area contributed by atoms with Crippen molar-refractivity contribution >= 4 is 39.1 Å². The maximum absolute atomic E-state index is 13.2. The quantitative estimate of drug-likeness (QED) is 0.632. The van der Waals surface area contributed by atoms with Gasteiger partial charge >= 0.3 is 0 Å². The molecule has 2 fully saturated rings. The van der Waals surface area contributed by atoms with Gasteiger partial charge in [-0.2, -0.15) is 0 Å². The molecule has 7 nitrogen and oxygen atoms in total. The Hall–Kier alpha value is -2.58. The molecule has 1 heterocycles. The van der Waals surface area contributed by atoms with Crippen molar-refractivity contribution in [2.24, 2.45) is 11.8 Å². The number of amides is 2. The SMILES string of the molecule is COc1ccc(CN2C(=O)C3CCCCC3C2=O)cc1S(=O)(=O)Nc1ccc(Cl)cc1C. The van der Waals surface area contributed by atoms with E-state index in [-0.39, 0.29) is 40.8 Å². The first-order chi connectivity index (χ1) is 15.2. The number of ether oxygens (including phenoxy) is 1. The van der Waals surface area contributed by atoms with E-state index in [1.165, 1.54) is 24.1 Å². The maximum Gasteiger partial charge on any atom is 0.265 e. The van der Waals surface area contributed by atoms with Crippen molar-refractivity contribution in [3.05, 3.63) is 52.5 Å². The molecular formula is C23H25ClN2O5S. The fourth-order valence-corrected chi connectivity index (χ4v) is 6.12. The average molecular weight is 477 g/mol. The number of imide groups is 1. The fraction of sp³-hybridized carbons (Fsp3) is 0.391. The summed E-state index contributed by atoms with van der Waals surface area (Å²) in [7, 11) is -2.61. The van der Waals surface area contributed by atoms with Crippen molar-refractivity contribution in [3.8, 4) is 5.75 Å². The van der Waals surface area contributed by atoms with Crippen molar-refractivity contribution < 1.29 is 22.7 Å². The number of halogens is 1. The van der Waals surface area contributed by atoms with E-state index in [2.05, 4.69) is 4.72 Å². The second kappa shape index (κ2) is 8.75. The Morgan fingerprint density at radius 1 is 1.06 bits per heavy atom. The third-order valence-corrected chi connectivity index (χ3v) is 7.85. The lowest BCUT2D eigenvalue weighted by molar-refractivity contribution is -0.140. The number of benzene rings is 2. The number of methoxy groups -OCH3 is 1.